The van der Waals surface area contributed by atoms with E-state index in [0.29, 0.717) is 22.5 Å². The number of halogens is 1. The maximum atomic E-state index is 9.29. The van der Waals surface area contributed by atoms with Crippen molar-refractivity contribution >= 4 is 29.1 Å². The molecule has 0 aliphatic rings. The van der Waals surface area contributed by atoms with Crippen LogP contribution in [-0.4, -0.2) is 32.7 Å². The number of pyridine rings is 1. The quantitative estimate of drug-likeness (QED) is 0.608. The van der Waals surface area contributed by atoms with E-state index in [1.807, 2.05) is 56.3 Å². The van der Waals surface area contributed by atoms with E-state index in [2.05, 4.69) is 25.6 Å². The summed E-state index contributed by atoms with van der Waals surface area (Å²) in [5, 5.41) is 16.2. The summed E-state index contributed by atoms with van der Waals surface area (Å²) in [6.07, 6.45) is 1.71. The summed E-state index contributed by atoms with van der Waals surface area (Å²) in [7, 11) is 0. The van der Waals surface area contributed by atoms with Gasteiger partial charge in [-0.25, -0.2) is 4.98 Å². The Bertz CT molecular complexity index is 888. The Morgan fingerprint density at radius 1 is 1.12 bits per heavy atom. The number of aliphatic hydroxyl groups is 1. The van der Waals surface area contributed by atoms with Crippen LogP contribution in [0.2, 0.25) is 5.02 Å². The summed E-state index contributed by atoms with van der Waals surface area (Å²) < 4.78 is 0. The second-order valence-corrected chi connectivity index (χ2v) is 6.42. The Hall–Kier alpha value is -2.70. The number of aromatic nitrogens is 3. The molecule has 2 heterocycles. The molecule has 7 heteroatoms. The second-order valence-electron chi connectivity index (χ2n) is 6.01. The highest BCUT2D eigenvalue weighted by Gasteiger charge is 2.11. The largest absolute Gasteiger partial charge is 0.394 e. The third kappa shape index (κ3) is 4.47. The average Bonchev–Trinajstić information content (AvgIpc) is 2.64. The summed E-state index contributed by atoms with van der Waals surface area (Å²) in [6, 6.07) is 13.0. The van der Waals surface area contributed by atoms with Crippen LogP contribution >= 0.6 is 11.6 Å². The molecule has 0 amide bonds. The van der Waals surface area contributed by atoms with E-state index in [-0.39, 0.29) is 12.6 Å². The predicted octanol–water partition coefficient (Wildman–Crippen LogP) is 4.04. The smallest absolute Gasteiger partial charge is 0.225 e. The van der Waals surface area contributed by atoms with E-state index in [9.17, 15) is 5.11 Å². The number of hydrogen-bond acceptors (Lipinski definition) is 6. The molecule has 2 aromatic heterocycles. The fraction of sp³-hybridized carbons (Fsp3) is 0.211. The number of nitrogens with one attached hydrogen (secondary N) is 2. The van der Waals surface area contributed by atoms with Crippen molar-refractivity contribution in [3.8, 4) is 11.4 Å². The monoisotopic (exact) mass is 369 g/mol. The Morgan fingerprint density at radius 3 is 2.65 bits per heavy atom. The molecule has 0 radical (unpaired) electrons. The summed E-state index contributed by atoms with van der Waals surface area (Å²) in [4.78, 5) is 13.3. The first-order chi connectivity index (χ1) is 12.5. The van der Waals surface area contributed by atoms with Crippen molar-refractivity contribution in [2.75, 3.05) is 17.2 Å². The van der Waals surface area contributed by atoms with Crippen molar-refractivity contribution < 1.29 is 5.11 Å². The van der Waals surface area contributed by atoms with Gasteiger partial charge in [0.05, 0.1) is 28.7 Å². The minimum absolute atomic E-state index is 0.0241. The normalized spacial score (nSPS) is 11.8. The van der Waals surface area contributed by atoms with Gasteiger partial charge in [-0.3, -0.25) is 4.98 Å². The van der Waals surface area contributed by atoms with Crippen LogP contribution in [0, 0.1) is 6.92 Å². The van der Waals surface area contributed by atoms with E-state index >= 15 is 0 Å². The molecular weight excluding hydrogens is 350 g/mol. The molecule has 0 bridgehead atoms. The van der Waals surface area contributed by atoms with Gasteiger partial charge in [0, 0.05) is 18.3 Å². The molecule has 0 aliphatic heterocycles. The molecule has 1 aromatic carbocycles. The van der Waals surface area contributed by atoms with Crippen molar-refractivity contribution in [3.05, 3.63) is 59.2 Å². The van der Waals surface area contributed by atoms with Crippen LogP contribution in [0.1, 0.15) is 12.5 Å². The predicted molar refractivity (Wildman–Crippen MR) is 105 cm³/mol. The number of aryl methyl sites for hydroxylation is 1. The molecule has 3 rings (SSSR count). The van der Waals surface area contributed by atoms with Gasteiger partial charge in [0.2, 0.25) is 5.95 Å². The van der Waals surface area contributed by atoms with Crippen LogP contribution < -0.4 is 10.6 Å². The Kier molecular flexibility index (Phi) is 5.65. The molecule has 134 valence electrons. The number of hydrogen-bond donors (Lipinski definition) is 3. The highest BCUT2D eigenvalue weighted by molar-refractivity contribution is 6.33. The number of rotatable bonds is 6. The SMILES string of the molecule is Cc1ccc(Nc2cc(-c3ccccn3)nc(N[C@H](C)CO)n2)c(Cl)c1. The van der Waals surface area contributed by atoms with Gasteiger partial charge in [-0.2, -0.15) is 4.98 Å². The van der Waals surface area contributed by atoms with Gasteiger partial charge in [0.1, 0.15) is 5.82 Å². The van der Waals surface area contributed by atoms with Gasteiger partial charge in [-0.05, 0) is 43.7 Å². The highest BCUT2D eigenvalue weighted by atomic mass is 35.5. The van der Waals surface area contributed by atoms with Crippen LogP contribution in [0.3, 0.4) is 0 Å². The molecule has 3 N–H and O–H groups in total. The van der Waals surface area contributed by atoms with E-state index < -0.39 is 0 Å². The van der Waals surface area contributed by atoms with E-state index in [1.54, 1.807) is 6.20 Å². The zero-order chi connectivity index (χ0) is 18.5. The Balaban J connectivity index is 1.98. The van der Waals surface area contributed by atoms with Crippen molar-refractivity contribution in [1.82, 2.24) is 15.0 Å². The fourth-order valence-electron chi connectivity index (χ4n) is 2.35. The van der Waals surface area contributed by atoms with Gasteiger partial charge in [-0.1, -0.05) is 23.7 Å². The zero-order valence-electron chi connectivity index (χ0n) is 14.6. The van der Waals surface area contributed by atoms with E-state index in [4.69, 9.17) is 11.6 Å². The van der Waals surface area contributed by atoms with Gasteiger partial charge < -0.3 is 15.7 Å². The number of aliphatic hydroxyl groups excluding tert-OH is 1. The number of benzene rings is 1. The third-order valence-corrected chi connectivity index (χ3v) is 4.00. The van der Waals surface area contributed by atoms with Crippen molar-refractivity contribution in [3.63, 3.8) is 0 Å². The molecule has 0 saturated heterocycles. The minimum atomic E-state index is -0.176. The molecular formula is C19H20ClN5O. The van der Waals surface area contributed by atoms with E-state index in [1.165, 1.54) is 0 Å². The van der Waals surface area contributed by atoms with Crippen LogP contribution in [-0.2, 0) is 0 Å². The van der Waals surface area contributed by atoms with Crippen molar-refractivity contribution in [2.45, 2.75) is 19.9 Å². The molecule has 26 heavy (non-hydrogen) atoms. The van der Waals surface area contributed by atoms with Crippen LogP contribution in [0.25, 0.3) is 11.4 Å². The summed E-state index contributed by atoms with van der Waals surface area (Å²) in [5.41, 5.74) is 3.23. The van der Waals surface area contributed by atoms with Gasteiger partial charge in [0.15, 0.2) is 0 Å². The molecule has 6 nitrogen and oxygen atoms in total. The maximum absolute atomic E-state index is 9.29. The molecule has 0 fully saturated rings. The number of nitrogens with zero attached hydrogens (tertiary/aromatic N) is 3. The minimum Gasteiger partial charge on any atom is -0.394 e. The lowest BCUT2D eigenvalue weighted by Gasteiger charge is -2.14. The second kappa shape index (κ2) is 8.12. The lowest BCUT2D eigenvalue weighted by atomic mass is 10.2. The number of anilines is 3. The van der Waals surface area contributed by atoms with Crippen LogP contribution in [0.5, 0.6) is 0 Å². The molecule has 0 aliphatic carbocycles. The summed E-state index contributed by atoms with van der Waals surface area (Å²) >= 11 is 6.32. The van der Waals surface area contributed by atoms with Gasteiger partial charge in [-0.15, -0.1) is 0 Å². The topological polar surface area (TPSA) is 83.0 Å². The third-order valence-electron chi connectivity index (χ3n) is 3.69. The molecule has 1 atom stereocenters. The maximum Gasteiger partial charge on any atom is 0.225 e. The van der Waals surface area contributed by atoms with Crippen molar-refractivity contribution in [1.29, 1.82) is 0 Å². The lowest BCUT2D eigenvalue weighted by Crippen LogP contribution is -2.21. The van der Waals surface area contributed by atoms with Crippen LogP contribution in [0.15, 0.2) is 48.7 Å². The molecule has 0 saturated carbocycles. The standard InChI is InChI=1S/C19H20ClN5O/c1-12-6-7-15(14(20)9-12)23-18-10-17(16-5-3-4-8-21-16)24-19(25-18)22-13(2)11-26/h3-10,13,26H,11H2,1-2H3,(H2,22,23,24,25)/t13-/m1/s1. The van der Waals surface area contributed by atoms with E-state index in [0.717, 1.165) is 16.9 Å². The Labute approximate surface area is 157 Å². The molecule has 0 unspecified atom stereocenters. The zero-order valence-corrected chi connectivity index (χ0v) is 15.3. The summed E-state index contributed by atoms with van der Waals surface area (Å²) in [6.45, 7) is 3.81. The summed E-state index contributed by atoms with van der Waals surface area (Å²) in [5.74, 6) is 0.986. The van der Waals surface area contributed by atoms with Gasteiger partial charge >= 0.3 is 0 Å². The molecule has 3 aromatic rings. The highest BCUT2D eigenvalue weighted by Crippen LogP contribution is 2.27. The van der Waals surface area contributed by atoms with Crippen molar-refractivity contribution in [2.24, 2.45) is 0 Å². The Morgan fingerprint density at radius 2 is 1.96 bits per heavy atom. The van der Waals surface area contributed by atoms with Crippen LogP contribution in [0.4, 0.5) is 17.5 Å². The first-order valence-corrected chi connectivity index (χ1v) is 8.64. The fourth-order valence-corrected chi connectivity index (χ4v) is 2.63. The average molecular weight is 370 g/mol. The molecule has 0 spiro atoms. The lowest BCUT2D eigenvalue weighted by molar-refractivity contribution is 0.281. The van der Waals surface area contributed by atoms with Gasteiger partial charge in [0.25, 0.3) is 0 Å². The first-order valence-electron chi connectivity index (χ1n) is 8.26. The first kappa shape index (κ1) is 18.1.